The Morgan fingerprint density at radius 1 is 1.59 bits per heavy atom. The minimum absolute atomic E-state index is 0.0973. The van der Waals surface area contributed by atoms with Crippen molar-refractivity contribution in [2.75, 3.05) is 6.54 Å². The van der Waals surface area contributed by atoms with Crippen LogP contribution in [0.3, 0.4) is 0 Å². The van der Waals surface area contributed by atoms with Gasteiger partial charge in [-0.3, -0.25) is 4.90 Å². The molecule has 0 bridgehead atoms. The van der Waals surface area contributed by atoms with E-state index >= 15 is 0 Å². The second kappa shape index (κ2) is 5.29. The zero-order chi connectivity index (χ0) is 12.4. The molecule has 1 aliphatic rings. The molecule has 92 valence electrons. The minimum Gasteiger partial charge on any atom is -0.392 e. The number of likely N-dealkylation sites (tertiary alicyclic amines) is 1. The fourth-order valence-electron chi connectivity index (χ4n) is 2.21. The van der Waals surface area contributed by atoms with Gasteiger partial charge in [0.2, 0.25) is 0 Å². The summed E-state index contributed by atoms with van der Waals surface area (Å²) in [7, 11) is 0. The predicted molar refractivity (Wildman–Crippen MR) is 71.6 cm³/mol. The van der Waals surface area contributed by atoms with Gasteiger partial charge in [0.25, 0.3) is 0 Å². The van der Waals surface area contributed by atoms with Crippen LogP contribution in [-0.2, 0) is 6.54 Å². The summed E-state index contributed by atoms with van der Waals surface area (Å²) in [6.45, 7) is 1.44. The summed E-state index contributed by atoms with van der Waals surface area (Å²) in [5.41, 5.74) is 6.32. The second-order valence-electron chi connectivity index (χ2n) is 4.27. The lowest BCUT2D eigenvalue weighted by Crippen LogP contribution is -2.38. The normalized spacial score (nSPS) is 20.7. The van der Waals surface area contributed by atoms with Gasteiger partial charge in [0.05, 0.1) is 11.0 Å². The van der Waals surface area contributed by atoms with Crippen molar-refractivity contribution in [3.63, 3.8) is 0 Å². The second-order valence-corrected chi connectivity index (χ2v) is 5.17. The highest BCUT2D eigenvalue weighted by atomic mass is 35.5. The summed E-state index contributed by atoms with van der Waals surface area (Å²) in [5.74, 6) is -0.272. The molecule has 1 saturated heterocycles. The zero-order valence-corrected chi connectivity index (χ0v) is 10.9. The average Bonchev–Trinajstić information content (AvgIpc) is 2.70. The third-order valence-corrected chi connectivity index (χ3v) is 3.59. The first-order chi connectivity index (χ1) is 8.08. The average molecular weight is 273 g/mol. The van der Waals surface area contributed by atoms with E-state index in [1.54, 1.807) is 12.1 Å². The van der Waals surface area contributed by atoms with Crippen molar-refractivity contribution in [2.45, 2.75) is 25.4 Å². The van der Waals surface area contributed by atoms with Crippen LogP contribution in [0.25, 0.3) is 0 Å². The Kier molecular flexibility index (Phi) is 3.97. The Balaban J connectivity index is 2.12. The van der Waals surface area contributed by atoms with Gasteiger partial charge in [-0.1, -0.05) is 29.9 Å². The van der Waals surface area contributed by atoms with Crippen molar-refractivity contribution < 1.29 is 4.39 Å². The molecule has 1 unspecified atom stereocenters. The van der Waals surface area contributed by atoms with Crippen LogP contribution in [0, 0.1) is 5.82 Å². The summed E-state index contributed by atoms with van der Waals surface area (Å²) in [4.78, 5) is 2.62. The molecule has 0 radical (unpaired) electrons. The largest absolute Gasteiger partial charge is 0.392 e. The molecule has 1 aromatic carbocycles. The van der Waals surface area contributed by atoms with Crippen LogP contribution in [-0.4, -0.2) is 22.5 Å². The summed E-state index contributed by atoms with van der Waals surface area (Å²) in [6, 6.07) is 4.85. The molecule has 1 aromatic rings. The van der Waals surface area contributed by atoms with Gasteiger partial charge in [-0.2, -0.15) is 0 Å². The first-order valence-electron chi connectivity index (χ1n) is 5.55. The molecule has 1 heterocycles. The maximum atomic E-state index is 13.7. The van der Waals surface area contributed by atoms with E-state index in [2.05, 4.69) is 4.90 Å². The maximum absolute atomic E-state index is 13.7. The first kappa shape index (κ1) is 12.7. The number of nitrogens with two attached hydrogens (primary N) is 1. The molecule has 0 aliphatic carbocycles. The van der Waals surface area contributed by atoms with Gasteiger partial charge >= 0.3 is 0 Å². The van der Waals surface area contributed by atoms with E-state index in [1.165, 1.54) is 6.07 Å². The third kappa shape index (κ3) is 2.94. The van der Waals surface area contributed by atoms with Gasteiger partial charge in [0, 0.05) is 17.1 Å². The van der Waals surface area contributed by atoms with E-state index in [4.69, 9.17) is 29.6 Å². The molecule has 0 aromatic heterocycles. The first-order valence-corrected chi connectivity index (χ1v) is 6.34. The van der Waals surface area contributed by atoms with Crippen LogP contribution in [0.4, 0.5) is 4.39 Å². The van der Waals surface area contributed by atoms with Crippen molar-refractivity contribution in [3.05, 3.63) is 34.6 Å². The molecule has 2 N–H and O–H groups in total. The highest BCUT2D eigenvalue weighted by Gasteiger charge is 2.27. The van der Waals surface area contributed by atoms with Crippen LogP contribution in [0.1, 0.15) is 18.4 Å². The molecule has 2 rings (SSSR count). The molecule has 17 heavy (non-hydrogen) atoms. The smallest absolute Gasteiger partial charge is 0.129 e. The van der Waals surface area contributed by atoms with E-state index in [0.717, 1.165) is 19.4 Å². The molecular weight excluding hydrogens is 259 g/mol. The Hall–Kier alpha value is -0.710. The maximum Gasteiger partial charge on any atom is 0.129 e. The number of rotatable bonds is 3. The van der Waals surface area contributed by atoms with E-state index in [-0.39, 0.29) is 11.9 Å². The van der Waals surface area contributed by atoms with Gasteiger partial charge in [0.1, 0.15) is 5.82 Å². The van der Waals surface area contributed by atoms with Crippen LogP contribution < -0.4 is 5.73 Å². The van der Waals surface area contributed by atoms with Crippen molar-refractivity contribution in [3.8, 4) is 0 Å². The van der Waals surface area contributed by atoms with Gasteiger partial charge in [-0.05, 0) is 31.5 Å². The number of nitrogens with zero attached hydrogens (tertiary/aromatic N) is 1. The van der Waals surface area contributed by atoms with Crippen molar-refractivity contribution >= 4 is 28.8 Å². The quantitative estimate of drug-likeness (QED) is 0.858. The number of thiocarbonyl (C=S) groups is 1. The fourth-order valence-corrected chi connectivity index (χ4v) is 2.63. The molecule has 1 aliphatic heterocycles. The molecule has 0 spiro atoms. The van der Waals surface area contributed by atoms with Gasteiger partial charge in [-0.25, -0.2) is 4.39 Å². The highest BCUT2D eigenvalue weighted by molar-refractivity contribution is 7.80. The highest BCUT2D eigenvalue weighted by Crippen LogP contribution is 2.22. The Bertz CT molecular complexity index is 439. The lowest BCUT2D eigenvalue weighted by molar-refractivity contribution is 0.290. The minimum atomic E-state index is -0.272. The van der Waals surface area contributed by atoms with Gasteiger partial charge < -0.3 is 5.73 Å². The monoisotopic (exact) mass is 272 g/mol. The summed E-state index contributed by atoms with van der Waals surface area (Å²) < 4.78 is 13.7. The Labute approximate surface area is 111 Å². The molecule has 1 atom stereocenters. The molecule has 1 fully saturated rings. The number of hydrogen-bond donors (Lipinski definition) is 1. The Morgan fingerprint density at radius 2 is 2.35 bits per heavy atom. The van der Waals surface area contributed by atoms with Crippen molar-refractivity contribution in [1.29, 1.82) is 0 Å². The van der Waals surface area contributed by atoms with Crippen LogP contribution in [0.5, 0.6) is 0 Å². The third-order valence-electron chi connectivity index (χ3n) is 3.08. The Morgan fingerprint density at radius 3 is 3.00 bits per heavy atom. The zero-order valence-electron chi connectivity index (χ0n) is 9.33. The van der Waals surface area contributed by atoms with Gasteiger partial charge in [0.15, 0.2) is 0 Å². The molecular formula is C12H14ClFN2S. The van der Waals surface area contributed by atoms with E-state index in [1.807, 2.05) is 0 Å². The number of hydrogen-bond acceptors (Lipinski definition) is 2. The number of benzene rings is 1. The molecule has 0 amide bonds. The SMILES string of the molecule is NC(=S)C1CCCN1Cc1ccc(Cl)cc1F. The van der Waals surface area contributed by atoms with Gasteiger partial charge in [-0.15, -0.1) is 0 Å². The predicted octanol–water partition coefficient (Wildman–Crippen LogP) is 2.73. The van der Waals surface area contributed by atoms with Crippen molar-refractivity contribution in [1.82, 2.24) is 4.90 Å². The molecule has 2 nitrogen and oxygen atoms in total. The fraction of sp³-hybridized carbons (Fsp3) is 0.417. The lowest BCUT2D eigenvalue weighted by Gasteiger charge is -2.23. The van der Waals surface area contributed by atoms with E-state index in [9.17, 15) is 4.39 Å². The standard InChI is InChI=1S/C12H14ClFN2S/c13-9-4-3-8(10(14)6-9)7-16-5-1-2-11(16)12(15)17/h3-4,6,11H,1-2,5,7H2,(H2,15,17). The van der Waals surface area contributed by atoms with E-state index in [0.29, 0.717) is 22.1 Å². The summed E-state index contributed by atoms with van der Waals surface area (Å²) >= 11 is 10.7. The van der Waals surface area contributed by atoms with Crippen LogP contribution >= 0.6 is 23.8 Å². The lowest BCUT2D eigenvalue weighted by atomic mass is 10.1. The summed E-state index contributed by atoms with van der Waals surface area (Å²) in [5, 5.41) is 0.415. The summed E-state index contributed by atoms with van der Waals surface area (Å²) in [6.07, 6.45) is 2.02. The number of halogens is 2. The topological polar surface area (TPSA) is 29.3 Å². The van der Waals surface area contributed by atoms with Crippen LogP contribution in [0.15, 0.2) is 18.2 Å². The van der Waals surface area contributed by atoms with E-state index < -0.39 is 0 Å². The molecule has 0 saturated carbocycles. The molecule has 5 heteroatoms. The van der Waals surface area contributed by atoms with Crippen LogP contribution in [0.2, 0.25) is 5.02 Å². The van der Waals surface area contributed by atoms with Crippen molar-refractivity contribution in [2.24, 2.45) is 5.73 Å².